The van der Waals surface area contributed by atoms with Gasteiger partial charge < -0.3 is 4.90 Å². The van der Waals surface area contributed by atoms with Gasteiger partial charge in [-0.1, -0.05) is 26.8 Å². The largest absolute Gasteiger partial charge is 0.324 e. The molecule has 2 N–H and O–H groups in total. The minimum absolute atomic E-state index is 0.159. The van der Waals surface area contributed by atoms with E-state index in [1.165, 1.54) is 17.2 Å². The van der Waals surface area contributed by atoms with E-state index in [0.29, 0.717) is 25.8 Å². The Bertz CT molecular complexity index is 702. The number of rotatable bonds is 5. The van der Waals surface area contributed by atoms with Crippen LogP contribution in [0.3, 0.4) is 0 Å². The van der Waals surface area contributed by atoms with Crippen LogP contribution >= 0.6 is 0 Å². The molecule has 26 heavy (non-hydrogen) atoms. The average molecular weight is 360 g/mol. The van der Waals surface area contributed by atoms with Gasteiger partial charge in [0.2, 0.25) is 5.78 Å². The van der Waals surface area contributed by atoms with Crippen molar-refractivity contribution in [2.75, 3.05) is 6.54 Å². The summed E-state index contributed by atoms with van der Waals surface area (Å²) in [5, 5.41) is 0. The van der Waals surface area contributed by atoms with Crippen molar-refractivity contribution in [3.63, 3.8) is 0 Å². The molecule has 0 bridgehead atoms. The summed E-state index contributed by atoms with van der Waals surface area (Å²) >= 11 is 0. The molecule has 1 aromatic heterocycles. The predicted molar refractivity (Wildman–Crippen MR) is 93.7 cm³/mol. The van der Waals surface area contributed by atoms with Gasteiger partial charge in [0.15, 0.2) is 0 Å². The standard InChI is InChI=1S/C18H24N4O4/c1-4-18(2,3)14(23)17(26)22-11-7-9-13(22)16(25)21-20-15(24)12-8-5-6-10-19-12/h5-6,8,10,13H,4,7,9,11H2,1-3H3,(H,20,24)(H,21,25)/t13-/m0/s1. The van der Waals surface area contributed by atoms with Crippen LogP contribution in [0.5, 0.6) is 0 Å². The van der Waals surface area contributed by atoms with Crippen LogP contribution in [0, 0.1) is 5.41 Å². The number of likely N-dealkylation sites (tertiary alicyclic amines) is 1. The molecule has 8 nitrogen and oxygen atoms in total. The minimum Gasteiger partial charge on any atom is -0.324 e. The highest BCUT2D eigenvalue weighted by molar-refractivity contribution is 6.38. The summed E-state index contributed by atoms with van der Waals surface area (Å²) in [6, 6.07) is 4.07. The van der Waals surface area contributed by atoms with Crippen molar-refractivity contribution in [1.29, 1.82) is 0 Å². The van der Waals surface area contributed by atoms with E-state index in [9.17, 15) is 19.2 Å². The smallest absolute Gasteiger partial charge is 0.291 e. The number of pyridine rings is 1. The molecular weight excluding hydrogens is 336 g/mol. The maximum absolute atomic E-state index is 12.5. The number of Topliss-reactive ketones (excluding diaryl/α,β-unsaturated/α-hetero) is 1. The number of carbonyl (C=O) groups is 4. The maximum atomic E-state index is 12.5. The van der Waals surface area contributed by atoms with Crippen LogP contribution in [0.4, 0.5) is 0 Å². The molecule has 8 heteroatoms. The van der Waals surface area contributed by atoms with Gasteiger partial charge >= 0.3 is 0 Å². The molecule has 0 unspecified atom stereocenters. The van der Waals surface area contributed by atoms with Crippen LogP contribution in [0.1, 0.15) is 50.5 Å². The second-order valence-electron chi connectivity index (χ2n) is 6.88. The molecule has 0 spiro atoms. The Hall–Kier alpha value is -2.77. The molecule has 0 aromatic carbocycles. The molecular formula is C18H24N4O4. The van der Waals surface area contributed by atoms with Crippen molar-refractivity contribution in [3.05, 3.63) is 30.1 Å². The van der Waals surface area contributed by atoms with E-state index in [0.717, 1.165) is 0 Å². The number of aromatic nitrogens is 1. The predicted octanol–water partition coefficient (Wildman–Crippen LogP) is 0.839. The van der Waals surface area contributed by atoms with Gasteiger partial charge in [-0.25, -0.2) is 0 Å². The van der Waals surface area contributed by atoms with E-state index in [1.807, 2.05) is 6.92 Å². The van der Waals surface area contributed by atoms with E-state index in [4.69, 9.17) is 0 Å². The van der Waals surface area contributed by atoms with Crippen molar-refractivity contribution in [1.82, 2.24) is 20.7 Å². The van der Waals surface area contributed by atoms with Crippen molar-refractivity contribution in [2.24, 2.45) is 5.41 Å². The number of hydrogen-bond donors (Lipinski definition) is 2. The third-order valence-corrected chi connectivity index (χ3v) is 4.71. The zero-order chi connectivity index (χ0) is 19.3. The van der Waals surface area contributed by atoms with E-state index in [2.05, 4.69) is 15.8 Å². The van der Waals surface area contributed by atoms with Crippen LogP contribution in [0.15, 0.2) is 24.4 Å². The van der Waals surface area contributed by atoms with E-state index in [-0.39, 0.29) is 5.69 Å². The molecule has 1 saturated heterocycles. The monoisotopic (exact) mass is 360 g/mol. The molecule has 2 rings (SSSR count). The Labute approximate surface area is 152 Å². The molecule has 140 valence electrons. The highest BCUT2D eigenvalue weighted by Crippen LogP contribution is 2.25. The van der Waals surface area contributed by atoms with Gasteiger partial charge in [-0.2, -0.15) is 0 Å². The second kappa shape index (κ2) is 8.07. The minimum atomic E-state index is -0.775. The first kappa shape index (κ1) is 19.6. The van der Waals surface area contributed by atoms with Crippen LogP contribution < -0.4 is 10.9 Å². The number of amides is 3. The van der Waals surface area contributed by atoms with Crippen LogP contribution in [-0.2, 0) is 14.4 Å². The lowest BCUT2D eigenvalue weighted by Gasteiger charge is -2.27. The molecule has 1 aliphatic heterocycles. The summed E-state index contributed by atoms with van der Waals surface area (Å²) in [4.78, 5) is 54.4. The SMILES string of the molecule is CCC(C)(C)C(=O)C(=O)N1CCC[C@H]1C(=O)NNC(=O)c1ccccn1. The summed E-state index contributed by atoms with van der Waals surface area (Å²) in [6.07, 6.45) is 3.06. The van der Waals surface area contributed by atoms with Gasteiger partial charge in [-0.05, 0) is 31.4 Å². The fourth-order valence-corrected chi connectivity index (χ4v) is 2.63. The third kappa shape index (κ3) is 4.25. The van der Waals surface area contributed by atoms with Crippen molar-refractivity contribution in [2.45, 2.75) is 46.1 Å². The molecule has 0 saturated carbocycles. The van der Waals surface area contributed by atoms with Gasteiger partial charge in [0.05, 0.1) is 0 Å². The second-order valence-corrected chi connectivity index (χ2v) is 6.88. The molecule has 1 fully saturated rings. The van der Waals surface area contributed by atoms with Crippen LogP contribution in [0.25, 0.3) is 0 Å². The summed E-state index contributed by atoms with van der Waals surface area (Å²) in [7, 11) is 0. The number of hydrogen-bond acceptors (Lipinski definition) is 5. The summed E-state index contributed by atoms with van der Waals surface area (Å²) < 4.78 is 0. The highest BCUT2D eigenvalue weighted by atomic mass is 16.2. The first-order chi connectivity index (χ1) is 12.3. The van der Waals surface area contributed by atoms with Crippen molar-refractivity contribution >= 4 is 23.5 Å². The Balaban J connectivity index is 1.98. The average Bonchev–Trinajstić information content (AvgIpc) is 3.15. The molecule has 3 amide bonds. The molecule has 1 aliphatic rings. The van der Waals surface area contributed by atoms with Gasteiger partial charge in [-0.3, -0.25) is 35.0 Å². The van der Waals surface area contributed by atoms with Crippen molar-refractivity contribution in [3.8, 4) is 0 Å². The molecule has 2 heterocycles. The summed E-state index contributed by atoms with van der Waals surface area (Å²) in [5.74, 6) is -2.23. The Morgan fingerprint density at radius 3 is 2.58 bits per heavy atom. The number of carbonyl (C=O) groups excluding carboxylic acids is 4. The van der Waals surface area contributed by atoms with Gasteiger partial charge in [0.1, 0.15) is 11.7 Å². The van der Waals surface area contributed by atoms with Gasteiger partial charge in [0, 0.05) is 18.2 Å². The number of nitrogens with one attached hydrogen (secondary N) is 2. The Morgan fingerprint density at radius 2 is 1.96 bits per heavy atom. The van der Waals surface area contributed by atoms with Crippen molar-refractivity contribution < 1.29 is 19.2 Å². The van der Waals surface area contributed by atoms with Crippen LogP contribution in [0.2, 0.25) is 0 Å². The third-order valence-electron chi connectivity index (χ3n) is 4.71. The Morgan fingerprint density at radius 1 is 1.23 bits per heavy atom. The fraction of sp³-hybridized carbons (Fsp3) is 0.500. The van der Waals surface area contributed by atoms with Gasteiger partial charge in [0.25, 0.3) is 17.7 Å². The molecule has 0 aliphatic carbocycles. The highest BCUT2D eigenvalue weighted by Gasteiger charge is 2.41. The lowest BCUT2D eigenvalue weighted by Crippen LogP contribution is -2.53. The fourth-order valence-electron chi connectivity index (χ4n) is 2.63. The molecule has 0 radical (unpaired) electrons. The summed E-state index contributed by atoms with van der Waals surface area (Å²) in [5.41, 5.74) is 3.99. The number of ketones is 1. The number of hydrazine groups is 1. The quantitative estimate of drug-likeness (QED) is 0.597. The van der Waals surface area contributed by atoms with E-state index >= 15 is 0 Å². The first-order valence-electron chi connectivity index (χ1n) is 8.64. The molecule has 1 atom stereocenters. The summed E-state index contributed by atoms with van der Waals surface area (Å²) in [6.45, 7) is 5.61. The number of nitrogens with zero attached hydrogens (tertiary/aromatic N) is 2. The van der Waals surface area contributed by atoms with Gasteiger partial charge in [-0.15, -0.1) is 0 Å². The topological polar surface area (TPSA) is 108 Å². The van der Waals surface area contributed by atoms with E-state index < -0.39 is 35.0 Å². The zero-order valence-electron chi connectivity index (χ0n) is 15.2. The zero-order valence-corrected chi connectivity index (χ0v) is 15.2. The lowest BCUT2D eigenvalue weighted by molar-refractivity contribution is -0.151. The first-order valence-corrected chi connectivity index (χ1v) is 8.64. The Kier molecular flexibility index (Phi) is 6.07. The maximum Gasteiger partial charge on any atom is 0.291 e. The normalized spacial score (nSPS) is 16.9. The molecule has 1 aromatic rings. The van der Waals surface area contributed by atoms with Crippen LogP contribution in [-0.4, -0.2) is 46.0 Å². The lowest BCUT2D eigenvalue weighted by atomic mass is 9.84. The van der Waals surface area contributed by atoms with E-state index in [1.54, 1.807) is 26.0 Å².